The molecule has 1 aliphatic rings. The number of nitrogens with one attached hydrogen (secondary N) is 2. The summed E-state index contributed by atoms with van der Waals surface area (Å²) in [6.07, 6.45) is 3.99. The van der Waals surface area contributed by atoms with Crippen molar-refractivity contribution in [3.8, 4) is 0 Å². The van der Waals surface area contributed by atoms with Crippen LogP contribution in [0.15, 0.2) is 24.3 Å². The van der Waals surface area contributed by atoms with Gasteiger partial charge in [-0.15, -0.1) is 0 Å². The predicted octanol–water partition coefficient (Wildman–Crippen LogP) is 3.69. The van der Waals surface area contributed by atoms with Crippen molar-refractivity contribution in [1.82, 2.24) is 10.6 Å². The van der Waals surface area contributed by atoms with E-state index in [9.17, 15) is 4.79 Å². The Morgan fingerprint density at radius 2 is 2.24 bits per heavy atom. The summed E-state index contributed by atoms with van der Waals surface area (Å²) in [7, 11) is 0. The molecule has 1 aromatic carbocycles. The summed E-state index contributed by atoms with van der Waals surface area (Å²) < 4.78 is 0. The topological polar surface area (TPSA) is 41.1 Å². The van der Waals surface area contributed by atoms with E-state index in [2.05, 4.69) is 17.6 Å². The maximum Gasteiger partial charge on any atom is 0.227 e. The highest BCUT2D eigenvalue weighted by Gasteiger charge is 2.39. The fourth-order valence-electron chi connectivity index (χ4n) is 3.22. The van der Waals surface area contributed by atoms with Gasteiger partial charge in [0.2, 0.25) is 5.91 Å². The number of rotatable bonds is 5. The molecule has 1 heterocycles. The third kappa shape index (κ3) is 3.78. The Labute approximate surface area is 132 Å². The van der Waals surface area contributed by atoms with Crippen LogP contribution in [0.3, 0.4) is 0 Å². The minimum atomic E-state index is -0.261. The van der Waals surface area contributed by atoms with Crippen molar-refractivity contribution >= 4 is 17.5 Å². The van der Waals surface area contributed by atoms with Gasteiger partial charge in [0.1, 0.15) is 0 Å². The molecular weight excluding hydrogens is 284 g/mol. The quantitative estimate of drug-likeness (QED) is 0.871. The van der Waals surface area contributed by atoms with Gasteiger partial charge in [-0.3, -0.25) is 4.79 Å². The van der Waals surface area contributed by atoms with Gasteiger partial charge in [-0.1, -0.05) is 43.1 Å². The molecular formula is C17H25ClN2O. The lowest BCUT2D eigenvalue weighted by Gasteiger charge is -2.37. The summed E-state index contributed by atoms with van der Waals surface area (Å²) in [5, 5.41) is 7.25. The van der Waals surface area contributed by atoms with Crippen LogP contribution >= 0.6 is 11.6 Å². The van der Waals surface area contributed by atoms with Crippen LogP contribution in [-0.4, -0.2) is 19.0 Å². The number of piperidine rings is 1. The first-order valence-electron chi connectivity index (χ1n) is 7.85. The number of carbonyl (C=O) groups excluding carboxylic acids is 1. The van der Waals surface area contributed by atoms with Crippen LogP contribution in [0.5, 0.6) is 0 Å². The number of hydrogen-bond acceptors (Lipinski definition) is 2. The molecule has 2 rings (SSSR count). The number of carbonyl (C=O) groups is 1. The molecule has 2 atom stereocenters. The average Bonchev–Trinajstić information content (AvgIpc) is 2.48. The van der Waals surface area contributed by atoms with Gasteiger partial charge in [-0.05, 0) is 44.4 Å². The molecule has 1 unspecified atom stereocenters. The van der Waals surface area contributed by atoms with Crippen molar-refractivity contribution in [2.45, 2.75) is 45.6 Å². The minimum Gasteiger partial charge on any atom is -0.349 e. The fraction of sp³-hybridized carbons (Fsp3) is 0.588. The Morgan fingerprint density at radius 1 is 1.48 bits per heavy atom. The molecule has 2 N–H and O–H groups in total. The molecule has 0 saturated carbocycles. The van der Waals surface area contributed by atoms with Gasteiger partial charge in [0.25, 0.3) is 0 Å². The van der Waals surface area contributed by atoms with Gasteiger partial charge in [-0.25, -0.2) is 0 Å². The number of benzene rings is 1. The lowest BCUT2D eigenvalue weighted by molar-refractivity contribution is -0.133. The Morgan fingerprint density at radius 3 is 2.86 bits per heavy atom. The van der Waals surface area contributed by atoms with Gasteiger partial charge >= 0.3 is 0 Å². The minimum absolute atomic E-state index is 0.0677. The predicted molar refractivity (Wildman–Crippen MR) is 87.5 cm³/mol. The summed E-state index contributed by atoms with van der Waals surface area (Å²) in [4.78, 5) is 12.8. The van der Waals surface area contributed by atoms with Crippen molar-refractivity contribution in [2.75, 3.05) is 13.1 Å². The highest BCUT2D eigenvalue weighted by atomic mass is 35.5. The Hall–Kier alpha value is -1.06. The van der Waals surface area contributed by atoms with E-state index in [-0.39, 0.29) is 17.4 Å². The molecule has 1 aliphatic heterocycles. The van der Waals surface area contributed by atoms with Crippen molar-refractivity contribution in [2.24, 2.45) is 5.41 Å². The number of amides is 1. The summed E-state index contributed by atoms with van der Waals surface area (Å²) in [6, 6.07) is 7.63. The lowest BCUT2D eigenvalue weighted by Crippen LogP contribution is -2.50. The van der Waals surface area contributed by atoms with E-state index in [1.54, 1.807) is 0 Å². The lowest BCUT2D eigenvalue weighted by atomic mass is 9.76. The van der Waals surface area contributed by atoms with E-state index >= 15 is 0 Å². The number of halogens is 1. The van der Waals surface area contributed by atoms with E-state index in [1.807, 2.05) is 31.2 Å². The van der Waals surface area contributed by atoms with Crippen LogP contribution in [0, 0.1) is 5.41 Å². The van der Waals surface area contributed by atoms with E-state index in [0.717, 1.165) is 44.3 Å². The Balaban J connectivity index is 2.10. The van der Waals surface area contributed by atoms with E-state index < -0.39 is 0 Å². The summed E-state index contributed by atoms with van der Waals surface area (Å²) in [6.45, 7) is 5.93. The monoisotopic (exact) mass is 308 g/mol. The molecule has 116 valence electrons. The molecule has 0 spiro atoms. The van der Waals surface area contributed by atoms with E-state index in [1.165, 1.54) is 0 Å². The molecule has 0 aliphatic carbocycles. The van der Waals surface area contributed by atoms with Gasteiger partial charge in [0, 0.05) is 11.6 Å². The molecule has 21 heavy (non-hydrogen) atoms. The van der Waals surface area contributed by atoms with Crippen LogP contribution in [0.1, 0.15) is 51.1 Å². The van der Waals surface area contributed by atoms with E-state index in [4.69, 9.17) is 11.6 Å². The molecule has 1 fully saturated rings. The Bertz CT molecular complexity index is 478. The third-order valence-corrected chi connectivity index (χ3v) is 4.75. The fourth-order valence-corrected chi connectivity index (χ4v) is 3.52. The zero-order valence-corrected chi connectivity index (χ0v) is 13.7. The molecule has 1 amide bonds. The molecule has 0 radical (unpaired) electrons. The van der Waals surface area contributed by atoms with Crippen LogP contribution in [0.4, 0.5) is 0 Å². The third-order valence-electron chi connectivity index (χ3n) is 4.40. The van der Waals surface area contributed by atoms with Gasteiger partial charge < -0.3 is 10.6 Å². The first kappa shape index (κ1) is 16.3. The van der Waals surface area contributed by atoms with Gasteiger partial charge in [0.05, 0.1) is 11.5 Å². The van der Waals surface area contributed by atoms with Crippen LogP contribution < -0.4 is 10.6 Å². The second kappa shape index (κ2) is 7.28. The van der Waals surface area contributed by atoms with Crippen molar-refractivity contribution in [1.29, 1.82) is 0 Å². The molecule has 1 aromatic rings. The SMILES string of the molecule is CCCC1(C(=O)N[C@@H](C)c2ccccc2Cl)CCCNC1. The van der Waals surface area contributed by atoms with E-state index in [0.29, 0.717) is 5.02 Å². The second-order valence-corrected chi connectivity index (χ2v) is 6.43. The summed E-state index contributed by atoms with van der Waals surface area (Å²) >= 11 is 6.22. The zero-order chi connectivity index (χ0) is 15.3. The average molecular weight is 309 g/mol. The van der Waals surface area contributed by atoms with Crippen molar-refractivity contribution in [3.63, 3.8) is 0 Å². The highest BCUT2D eigenvalue weighted by Crippen LogP contribution is 2.33. The second-order valence-electron chi connectivity index (χ2n) is 6.03. The summed E-state index contributed by atoms with van der Waals surface area (Å²) in [5.74, 6) is 0.156. The first-order valence-corrected chi connectivity index (χ1v) is 8.23. The smallest absolute Gasteiger partial charge is 0.227 e. The molecule has 0 bridgehead atoms. The first-order chi connectivity index (χ1) is 10.1. The Kier molecular flexibility index (Phi) is 5.65. The maximum absolute atomic E-state index is 12.8. The molecule has 0 aromatic heterocycles. The van der Waals surface area contributed by atoms with Gasteiger partial charge in [-0.2, -0.15) is 0 Å². The summed E-state index contributed by atoms with van der Waals surface area (Å²) in [5.41, 5.74) is 0.714. The molecule has 4 heteroatoms. The van der Waals surface area contributed by atoms with Crippen LogP contribution in [0.25, 0.3) is 0 Å². The largest absolute Gasteiger partial charge is 0.349 e. The normalized spacial score (nSPS) is 23.6. The van der Waals surface area contributed by atoms with Crippen molar-refractivity contribution < 1.29 is 4.79 Å². The highest BCUT2D eigenvalue weighted by molar-refractivity contribution is 6.31. The standard InChI is InChI=1S/C17H25ClN2O/c1-3-9-17(10-6-11-19-12-17)16(21)20-13(2)14-7-4-5-8-15(14)18/h4-5,7-8,13,19H,3,6,9-12H2,1-2H3,(H,20,21)/t13-,17?/m0/s1. The van der Waals surface area contributed by atoms with Crippen LogP contribution in [0.2, 0.25) is 5.02 Å². The van der Waals surface area contributed by atoms with Crippen molar-refractivity contribution in [3.05, 3.63) is 34.9 Å². The maximum atomic E-state index is 12.8. The molecule has 1 saturated heterocycles. The van der Waals surface area contributed by atoms with Crippen LogP contribution in [-0.2, 0) is 4.79 Å². The zero-order valence-electron chi connectivity index (χ0n) is 12.9. The number of hydrogen-bond donors (Lipinski definition) is 2. The molecule has 3 nitrogen and oxygen atoms in total. The van der Waals surface area contributed by atoms with Gasteiger partial charge in [0.15, 0.2) is 0 Å².